The second-order valence-electron chi connectivity index (χ2n) is 3.08. The molecule has 0 aromatic carbocycles. The highest BCUT2D eigenvalue weighted by atomic mass is 32.2. The van der Waals surface area contributed by atoms with Crippen LogP contribution in [0.4, 0.5) is 0 Å². The molecule has 1 atom stereocenters. The molecule has 0 radical (unpaired) electrons. The van der Waals surface area contributed by atoms with Gasteiger partial charge < -0.3 is 4.74 Å². The fourth-order valence-corrected chi connectivity index (χ4v) is 3.07. The Hall–Kier alpha value is -0.510. The number of rotatable bonds is 4. The quantitative estimate of drug-likeness (QED) is 0.492. The lowest BCUT2D eigenvalue weighted by molar-refractivity contribution is 0.226. The molecule has 0 N–H and O–H groups in total. The molecule has 0 aromatic rings. The maximum absolute atomic E-state index is 11.1. The van der Waals surface area contributed by atoms with Gasteiger partial charge in [0, 0.05) is 0 Å². The van der Waals surface area contributed by atoms with Crippen molar-refractivity contribution in [1.29, 1.82) is 0 Å². The van der Waals surface area contributed by atoms with E-state index in [0.717, 1.165) is 0 Å². The Morgan fingerprint density at radius 2 is 2.17 bits per heavy atom. The third-order valence-corrected chi connectivity index (χ3v) is 4.70. The van der Waals surface area contributed by atoms with Crippen molar-refractivity contribution in [2.24, 2.45) is 0 Å². The summed E-state index contributed by atoms with van der Waals surface area (Å²) in [5, 5.41) is 0. The van der Waals surface area contributed by atoms with Gasteiger partial charge in [0.05, 0.1) is 12.0 Å². The van der Waals surface area contributed by atoms with Gasteiger partial charge in [-0.25, -0.2) is 8.42 Å². The average molecular weight is 190 g/mol. The zero-order valence-corrected chi connectivity index (χ0v) is 8.23. The Balaban J connectivity index is 2.51. The molecular weight excluding hydrogens is 176 g/mol. The molecule has 1 unspecified atom stereocenters. The third-order valence-electron chi connectivity index (χ3n) is 2.25. The highest BCUT2D eigenvalue weighted by Crippen LogP contribution is 2.39. The van der Waals surface area contributed by atoms with E-state index >= 15 is 0 Å². The molecule has 3 nitrogen and oxygen atoms in total. The first kappa shape index (κ1) is 9.58. The molecule has 4 heteroatoms. The lowest BCUT2D eigenvalue weighted by atomic mass is 10.1. The molecule has 1 saturated heterocycles. The number of ether oxygens (including phenoxy) is 1. The third kappa shape index (κ3) is 1.48. The van der Waals surface area contributed by atoms with E-state index in [0.29, 0.717) is 13.0 Å². The molecule has 1 aliphatic heterocycles. The van der Waals surface area contributed by atoms with Crippen LogP contribution in [0.3, 0.4) is 0 Å². The van der Waals surface area contributed by atoms with Crippen molar-refractivity contribution >= 4 is 9.84 Å². The van der Waals surface area contributed by atoms with Gasteiger partial charge in [0.1, 0.15) is 11.4 Å². The summed E-state index contributed by atoms with van der Waals surface area (Å²) in [6.07, 6.45) is 3.93. The van der Waals surface area contributed by atoms with Crippen LogP contribution in [0.1, 0.15) is 20.3 Å². The molecule has 70 valence electrons. The normalized spacial score (nSPS) is 32.2. The van der Waals surface area contributed by atoms with Crippen LogP contribution < -0.4 is 0 Å². The van der Waals surface area contributed by atoms with Gasteiger partial charge >= 0.3 is 0 Å². The topological polar surface area (TPSA) is 43.4 Å². The van der Waals surface area contributed by atoms with Gasteiger partial charge in [-0.1, -0.05) is 13.0 Å². The number of allylic oxidation sites excluding steroid dienone is 1. The predicted octanol–water partition coefficient (Wildman–Crippen LogP) is 1.11. The Morgan fingerprint density at radius 3 is 2.50 bits per heavy atom. The van der Waals surface area contributed by atoms with Crippen molar-refractivity contribution < 1.29 is 13.2 Å². The molecule has 12 heavy (non-hydrogen) atoms. The van der Waals surface area contributed by atoms with Gasteiger partial charge in [0.2, 0.25) is 0 Å². The summed E-state index contributed by atoms with van der Waals surface area (Å²) in [6.45, 7) is 4.01. The molecule has 0 aliphatic carbocycles. The van der Waals surface area contributed by atoms with Crippen LogP contribution in [0.25, 0.3) is 0 Å². The minimum atomic E-state index is -2.81. The van der Waals surface area contributed by atoms with Crippen LogP contribution in [0.5, 0.6) is 0 Å². The van der Waals surface area contributed by atoms with Crippen LogP contribution in [0.15, 0.2) is 12.3 Å². The van der Waals surface area contributed by atoms with Crippen molar-refractivity contribution in [2.45, 2.75) is 25.0 Å². The molecule has 1 aliphatic rings. The summed E-state index contributed by atoms with van der Waals surface area (Å²) in [4.78, 5) is 0. The number of hydrogen-bond acceptors (Lipinski definition) is 3. The maximum Gasteiger partial charge on any atom is 0.162 e. The minimum absolute atomic E-state index is 0.286. The van der Waals surface area contributed by atoms with Crippen molar-refractivity contribution in [3.05, 3.63) is 12.3 Å². The Bertz CT molecular complexity index is 279. The second kappa shape index (κ2) is 3.09. The average Bonchev–Trinajstić information content (AvgIpc) is 2.55. The summed E-state index contributed by atoms with van der Waals surface area (Å²) in [5.74, 6) is 0.286. The van der Waals surface area contributed by atoms with Gasteiger partial charge in [-0.2, -0.15) is 0 Å². The molecule has 0 aromatic heterocycles. The molecule has 0 bridgehead atoms. The van der Waals surface area contributed by atoms with E-state index in [4.69, 9.17) is 4.74 Å². The highest BCUT2D eigenvalue weighted by molar-refractivity contribution is 8.00. The predicted molar refractivity (Wildman–Crippen MR) is 47.6 cm³/mol. The van der Waals surface area contributed by atoms with E-state index in [1.54, 1.807) is 6.08 Å². The molecule has 1 rings (SSSR count). The molecule has 0 spiro atoms. The van der Waals surface area contributed by atoms with E-state index in [1.807, 2.05) is 13.8 Å². The van der Waals surface area contributed by atoms with E-state index in [-0.39, 0.29) is 5.75 Å². The maximum atomic E-state index is 11.1. The lowest BCUT2D eigenvalue weighted by Gasteiger charge is -2.07. The monoisotopic (exact) mass is 190 g/mol. The van der Waals surface area contributed by atoms with E-state index in [2.05, 4.69) is 0 Å². The summed E-state index contributed by atoms with van der Waals surface area (Å²) < 4.78 is 26.7. The summed E-state index contributed by atoms with van der Waals surface area (Å²) >= 11 is 0. The smallest absolute Gasteiger partial charge is 0.162 e. The van der Waals surface area contributed by atoms with Gasteiger partial charge in [0.15, 0.2) is 9.84 Å². The minimum Gasteiger partial charge on any atom is -0.500 e. The summed E-state index contributed by atoms with van der Waals surface area (Å²) in [5.41, 5.74) is 0. The van der Waals surface area contributed by atoms with Crippen LogP contribution >= 0.6 is 0 Å². The van der Waals surface area contributed by atoms with E-state index < -0.39 is 14.6 Å². The zero-order chi connectivity index (χ0) is 9.24. The lowest BCUT2D eigenvalue weighted by Crippen LogP contribution is -2.18. The zero-order valence-electron chi connectivity index (χ0n) is 7.41. The van der Waals surface area contributed by atoms with Crippen LogP contribution in [-0.4, -0.2) is 25.5 Å². The largest absolute Gasteiger partial charge is 0.500 e. The SMILES string of the molecule is C/C=C/OCC1(CC)CS1(=O)=O. The van der Waals surface area contributed by atoms with Crippen molar-refractivity contribution in [2.75, 3.05) is 12.4 Å². The molecule has 1 heterocycles. The highest BCUT2D eigenvalue weighted by Gasteiger charge is 2.60. The van der Waals surface area contributed by atoms with Gasteiger partial charge in [-0.05, 0) is 13.3 Å². The van der Waals surface area contributed by atoms with E-state index in [9.17, 15) is 8.42 Å². The Morgan fingerprint density at radius 1 is 1.58 bits per heavy atom. The molecular formula is C8H14O3S. The molecule has 1 fully saturated rings. The van der Waals surface area contributed by atoms with Crippen LogP contribution in [0, 0.1) is 0 Å². The Kier molecular flexibility index (Phi) is 2.46. The fourth-order valence-electron chi connectivity index (χ4n) is 1.17. The van der Waals surface area contributed by atoms with Crippen LogP contribution in [-0.2, 0) is 14.6 Å². The van der Waals surface area contributed by atoms with Crippen molar-refractivity contribution in [1.82, 2.24) is 0 Å². The first-order valence-electron chi connectivity index (χ1n) is 4.03. The standard InChI is InChI=1S/C8H14O3S/c1-3-5-11-6-8(4-2)7-12(8,9)10/h3,5H,4,6-7H2,1-2H3/b5-3+. The van der Waals surface area contributed by atoms with Gasteiger partial charge in [0.25, 0.3) is 0 Å². The summed E-state index contributed by atoms with van der Waals surface area (Å²) in [7, 11) is -2.81. The van der Waals surface area contributed by atoms with Crippen LogP contribution in [0.2, 0.25) is 0 Å². The Labute approximate surface area is 73.3 Å². The van der Waals surface area contributed by atoms with Crippen molar-refractivity contribution in [3.63, 3.8) is 0 Å². The van der Waals surface area contributed by atoms with Gasteiger partial charge in [-0.3, -0.25) is 0 Å². The summed E-state index contributed by atoms with van der Waals surface area (Å²) in [6, 6.07) is 0. The van der Waals surface area contributed by atoms with Gasteiger partial charge in [-0.15, -0.1) is 0 Å². The molecule has 0 amide bonds. The van der Waals surface area contributed by atoms with E-state index in [1.165, 1.54) is 6.26 Å². The number of sulfone groups is 1. The fraction of sp³-hybridized carbons (Fsp3) is 0.750. The first-order chi connectivity index (χ1) is 5.58. The molecule has 0 saturated carbocycles. The number of hydrogen-bond donors (Lipinski definition) is 0. The van der Waals surface area contributed by atoms with Crippen molar-refractivity contribution in [3.8, 4) is 0 Å². The first-order valence-corrected chi connectivity index (χ1v) is 5.68. The second-order valence-corrected chi connectivity index (χ2v) is 5.46.